The molecule has 0 saturated carbocycles. The Hall–Kier alpha value is -1.08. The minimum absolute atomic E-state index is 0.0580. The standard InChI is InChI=1S/C14H16ClNO3S2/c1-16(11-13-7-8-14(15)20-13)9-10-21(17,18)19-12-5-3-2-4-6-12/h2-8H,9-11H2,1H3. The Balaban J connectivity index is 1.83. The van der Waals surface area contributed by atoms with Gasteiger partial charge in [0, 0.05) is 18.0 Å². The Morgan fingerprint density at radius 1 is 1.19 bits per heavy atom. The van der Waals surface area contributed by atoms with E-state index >= 15 is 0 Å². The van der Waals surface area contributed by atoms with Gasteiger partial charge in [-0.2, -0.15) is 8.42 Å². The molecule has 114 valence electrons. The van der Waals surface area contributed by atoms with E-state index in [2.05, 4.69) is 0 Å². The van der Waals surface area contributed by atoms with Crippen molar-refractivity contribution >= 4 is 33.1 Å². The van der Waals surface area contributed by atoms with Gasteiger partial charge in [-0.25, -0.2) is 0 Å². The molecule has 2 rings (SSSR count). The first-order valence-electron chi connectivity index (χ1n) is 6.34. The molecule has 0 bridgehead atoms. The monoisotopic (exact) mass is 345 g/mol. The maximum absolute atomic E-state index is 11.9. The van der Waals surface area contributed by atoms with Crippen LogP contribution in [0.2, 0.25) is 4.34 Å². The quantitative estimate of drug-likeness (QED) is 0.723. The van der Waals surface area contributed by atoms with Crippen LogP contribution in [0.15, 0.2) is 42.5 Å². The van der Waals surface area contributed by atoms with Crippen LogP contribution < -0.4 is 4.18 Å². The van der Waals surface area contributed by atoms with Gasteiger partial charge in [0.15, 0.2) is 0 Å². The van der Waals surface area contributed by atoms with Crippen molar-refractivity contribution in [3.8, 4) is 5.75 Å². The van der Waals surface area contributed by atoms with Gasteiger partial charge in [0.25, 0.3) is 0 Å². The Morgan fingerprint density at radius 2 is 1.90 bits per heavy atom. The highest BCUT2D eigenvalue weighted by molar-refractivity contribution is 7.87. The van der Waals surface area contributed by atoms with Crippen molar-refractivity contribution in [1.29, 1.82) is 0 Å². The van der Waals surface area contributed by atoms with Crippen molar-refractivity contribution < 1.29 is 12.6 Å². The van der Waals surface area contributed by atoms with Gasteiger partial charge in [0.05, 0.1) is 10.1 Å². The van der Waals surface area contributed by atoms with E-state index in [1.165, 1.54) is 11.3 Å². The summed E-state index contributed by atoms with van der Waals surface area (Å²) in [5.74, 6) is 0.280. The Morgan fingerprint density at radius 3 is 2.52 bits per heavy atom. The predicted molar refractivity (Wildman–Crippen MR) is 86.5 cm³/mol. The van der Waals surface area contributed by atoms with Crippen molar-refractivity contribution in [2.24, 2.45) is 0 Å². The molecule has 21 heavy (non-hydrogen) atoms. The van der Waals surface area contributed by atoms with Crippen molar-refractivity contribution in [3.63, 3.8) is 0 Å². The Bertz CT molecular complexity index is 671. The van der Waals surface area contributed by atoms with Gasteiger partial charge in [-0.05, 0) is 31.3 Å². The lowest BCUT2D eigenvalue weighted by atomic mass is 10.3. The molecule has 0 unspecified atom stereocenters. The lowest BCUT2D eigenvalue weighted by Gasteiger charge is -2.15. The van der Waals surface area contributed by atoms with E-state index in [9.17, 15) is 8.42 Å². The van der Waals surface area contributed by atoms with Gasteiger partial charge in [-0.3, -0.25) is 0 Å². The molecule has 0 fully saturated rings. The molecule has 0 aliphatic carbocycles. The number of thiophene rings is 1. The number of hydrogen-bond donors (Lipinski definition) is 0. The summed E-state index contributed by atoms with van der Waals surface area (Å²) < 4.78 is 29.6. The number of rotatable bonds is 7. The predicted octanol–water partition coefficient (Wildman–Crippen LogP) is 3.24. The van der Waals surface area contributed by atoms with Crippen molar-refractivity contribution in [2.45, 2.75) is 6.54 Å². The fourth-order valence-electron chi connectivity index (χ4n) is 1.71. The molecule has 0 radical (unpaired) electrons. The average Bonchev–Trinajstić information content (AvgIpc) is 2.83. The molecule has 1 aromatic carbocycles. The first-order chi connectivity index (χ1) is 9.94. The molecule has 0 saturated heterocycles. The average molecular weight is 346 g/mol. The highest BCUT2D eigenvalue weighted by Gasteiger charge is 2.14. The van der Waals surface area contributed by atoms with E-state index in [1.54, 1.807) is 30.3 Å². The highest BCUT2D eigenvalue weighted by atomic mass is 35.5. The van der Waals surface area contributed by atoms with Crippen molar-refractivity contribution in [2.75, 3.05) is 19.3 Å². The van der Waals surface area contributed by atoms with Gasteiger partial charge in [0.1, 0.15) is 5.75 Å². The second-order valence-electron chi connectivity index (χ2n) is 4.60. The maximum atomic E-state index is 11.9. The summed E-state index contributed by atoms with van der Waals surface area (Å²) in [4.78, 5) is 3.03. The van der Waals surface area contributed by atoms with E-state index < -0.39 is 10.1 Å². The third-order valence-electron chi connectivity index (χ3n) is 2.74. The van der Waals surface area contributed by atoms with Gasteiger partial charge in [0.2, 0.25) is 0 Å². The van der Waals surface area contributed by atoms with Gasteiger partial charge in [-0.1, -0.05) is 29.8 Å². The number of para-hydroxylation sites is 1. The van der Waals surface area contributed by atoms with Gasteiger partial charge >= 0.3 is 10.1 Å². The smallest absolute Gasteiger partial charge is 0.310 e. The van der Waals surface area contributed by atoms with E-state index in [0.29, 0.717) is 18.8 Å². The van der Waals surface area contributed by atoms with Crippen LogP contribution in [-0.4, -0.2) is 32.7 Å². The van der Waals surface area contributed by atoms with E-state index in [-0.39, 0.29) is 5.75 Å². The largest absolute Gasteiger partial charge is 0.382 e. The van der Waals surface area contributed by atoms with Crippen LogP contribution in [0.1, 0.15) is 4.88 Å². The topological polar surface area (TPSA) is 46.6 Å². The van der Waals surface area contributed by atoms with Crippen LogP contribution in [0.3, 0.4) is 0 Å². The zero-order valence-electron chi connectivity index (χ0n) is 11.5. The molecule has 2 aromatic rings. The molecule has 0 amide bonds. The summed E-state index contributed by atoms with van der Waals surface area (Å²) in [6.07, 6.45) is 0. The minimum atomic E-state index is -3.58. The zero-order valence-corrected chi connectivity index (χ0v) is 13.9. The molecule has 0 spiro atoms. The van der Waals surface area contributed by atoms with Crippen molar-refractivity contribution in [1.82, 2.24) is 4.90 Å². The first-order valence-corrected chi connectivity index (χ1v) is 9.12. The summed E-state index contributed by atoms with van der Waals surface area (Å²) in [6.45, 7) is 1.06. The Labute approximate surface area is 134 Å². The second-order valence-corrected chi connectivity index (χ2v) is 8.09. The Kier molecular flexibility index (Phi) is 5.64. The normalized spacial score (nSPS) is 11.8. The summed E-state index contributed by atoms with van der Waals surface area (Å²) in [7, 11) is -1.71. The third-order valence-corrected chi connectivity index (χ3v) is 5.09. The van der Waals surface area contributed by atoms with Crippen LogP contribution in [0.25, 0.3) is 0 Å². The van der Waals surface area contributed by atoms with E-state index in [1.807, 2.05) is 24.1 Å². The fourth-order valence-corrected chi connectivity index (χ4v) is 3.90. The molecule has 0 N–H and O–H groups in total. The lowest BCUT2D eigenvalue weighted by Crippen LogP contribution is -2.27. The number of nitrogens with zero attached hydrogens (tertiary/aromatic N) is 1. The highest BCUT2D eigenvalue weighted by Crippen LogP contribution is 2.22. The van der Waals surface area contributed by atoms with Crippen LogP contribution in [-0.2, 0) is 16.7 Å². The molecular formula is C14H16ClNO3S2. The molecule has 1 aromatic heterocycles. The van der Waals surface area contributed by atoms with Crippen LogP contribution in [0.4, 0.5) is 0 Å². The van der Waals surface area contributed by atoms with Crippen LogP contribution in [0.5, 0.6) is 5.75 Å². The summed E-state index contributed by atoms with van der Waals surface area (Å²) >= 11 is 7.36. The van der Waals surface area contributed by atoms with Gasteiger partial charge < -0.3 is 9.08 Å². The first kappa shape index (κ1) is 16.3. The molecular weight excluding hydrogens is 330 g/mol. The summed E-state index contributed by atoms with van der Waals surface area (Å²) in [6, 6.07) is 12.3. The number of hydrogen-bond acceptors (Lipinski definition) is 5. The molecule has 4 nitrogen and oxygen atoms in total. The third kappa shape index (κ3) is 5.67. The zero-order chi connectivity index (χ0) is 15.3. The summed E-state index contributed by atoms with van der Waals surface area (Å²) in [5.41, 5.74) is 0. The van der Waals surface area contributed by atoms with Crippen LogP contribution in [0, 0.1) is 0 Å². The van der Waals surface area contributed by atoms with E-state index in [4.69, 9.17) is 15.8 Å². The minimum Gasteiger partial charge on any atom is -0.382 e. The second kappa shape index (κ2) is 7.26. The molecule has 0 aliphatic heterocycles. The van der Waals surface area contributed by atoms with E-state index in [0.717, 1.165) is 9.21 Å². The van der Waals surface area contributed by atoms with Crippen molar-refractivity contribution in [3.05, 3.63) is 51.7 Å². The summed E-state index contributed by atoms with van der Waals surface area (Å²) in [5, 5.41) is 0. The number of benzene rings is 1. The van der Waals surface area contributed by atoms with Crippen LogP contribution >= 0.6 is 22.9 Å². The molecule has 0 atom stereocenters. The molecule has 1 heterocycles. The fraction of sp³-hybridized carbons (Fsp3) is 0.286. The lowest BCUT2D eigenvalue weighted by molar-refractivity contribution is 0.345. The maximum Gasteiger partial charge on any atom is 0.310 e. The van der Waals surface area contributed by atoms with Gasteiger partial charge in [-0.15, -0.1) is 11.3 Å². The SMILES string of the molecule is CN(CCS(=O)(=O)Oc1ccccc1)Cc1ccc(Cl)s1. The molecule has 7 heteroatoms. The molecule has 0 aliphatic rings. The number of halogens is 1.